The number of hydrogen-bond donors (Lipinski definition) is 2. The van der Waals surface area contributed by atoms with E-state index in [4.69, 9.17) is 5.73 Å². The maximum Gasteiger partial charge on any atom is 0.220 e. The van der Waals surface area contributed by atoms with Gasteiger partial charge >= 0.3 is 0 Å². The number of fused-ring (bicyclic) bond motifs is 1. The van der Waals surface area contributed by atoms with Crippen molar-refractivity contribution in [2.75, 3.05) is 6.54 Å². The second-order valence-corrected chi connectivity index (χ2v) is 3.76. The van der Waals surface area contributed by atoms with Crippen LogP contribution in [-0.4, -0.2) is 18.5 Å². The summed E-state index contributed by atoms with van der Waals surface area (Å²) in [5.41, 5.74) is 5.80. The summed E-state index contributed by atoms with van der Waals surface area (Å²) in [5.74, 6) is 1.46. The van der Waals surface area contributed by atoms with E-state index in [0.29, 0.717) is 24.3 Å². The molecule has 2 fully saturated rings. The molecule has 0 aromatic carbocycles. The SMILES string of the molecule is N[C@@H]1C[C@H]2CNC(=O)C[C@H]2C1. The molecule has 0 unspecified atom stereocenters. The molecular formula is C8H14N2O. The third-order valence-electron chi connectivity index (χ3n) is 2.89. The highest BCUT2D eigenvalue weighted by Gasteiger charge is 2.36. The van der Waals surface area contributed by atoms with E-state index >= 15 is 0 Å². The summed E-state index contributed by atoms with van der Waals surface area (Å²) in [6, 6.07) is 0.345. The molecule has 0 radical (unpaired) electrons. The van der Waals surface area contributed by atoms with E-state index in [1.807, 2.05) is 0 Å². The molecule has 0 aromatic rings. The summed E-state index contributed by atoms with van der Waals surface area (Å²) < 4.78 is 0. The minimum Gasteiger partial charge on any atom is -0.356 e. The number of carbonyl (C=O) groups excluding carboxylic acids is 1. The van der Waals surface area contributed by atoms with Crippen LogP contribution in [0.15, 0.2) is 0 Å². The van der Waals surface area contributed by atoms with E-state index in [9.17, 15) is 4.79 Å². The Labute approximate surface area is 66.3 Å². The second-order valence-electron chi connectivity index (χ2n) is 3.76. The first-order valence-corrected chi connectivity index (χ1v) is 4.28. The van der Waals surface area contributed by atoms with E-state index < -0.39 is 0 Å². The first kappa shape index (κ1) is 7.10. The van der Waals surface area contributed by atoms with Crippen LogP contribution in [-0.2, 0) is 4.79 Å². The largest absolute Gasteiger partial charge is 0.356 e. The van der Waals surface area contributed by atoms with Crippen molar-refractivity contribution in [1.29, 1.82) is 0 Å². The van der Waals surface area contributed by atoms with Gasteiger partial charge < -0.3 is 11.1 Å². The van der Waals surface area contributed by atoms with E-state index in [1.165, 1.54) is 0 Å². The lowest BCUT2D eigenvalue weighted by Crippen LogP contribution is -2.38. The van der Waals surface area contributed by atoms with Crippen molar-refractivity contribution in [3.63, 3.8) is 0 Å². The Morgan fingerprint density at radius 2 is 2.09 bits per heavy atom. The maximum atomic E-state index is 11.0. The molecule has 0 spiro atoms. The van der Waals surface area contributed by atoms with E-state index in [1.54, 1.807) is 0 Å². The number of carbonyl (C=O) groups is 1. The van der Waals surface area contributed by atoms with Gasteiger partial charge in [0.15, 0.2) is 0 Å². The van der Waals surface area contributed by atoms with Crippen LogP contribution >= 0.6 is 0 Å². The summed E-state index contributed by atoms with van der Waals surface area (Å²) in [7, 11) is 0. The van der Waals surface area contributed by atoms with Crippen molar-refractivity contribution in [3.05, 3.63) is 0 Å². The topological polar surface area (TPSA) is 55.1 Å². The van der Waals surface area contributed by atoms with Gasteiger partial charge in [-0.1, -0.05) is 0 Å². The predicted molar refractivity (Wildman–Crippen MR) is 41.8 cm³/mol. The highest BCUT2D eigenvalue weighted by Crippen LogP contribution is 2.34. The van der Waals surface area contributed by atoms with Crippen molar-refractivity contribution >= 4 is 5.91 Å². The molecule has 1 aliphatic heterocycles. The van der Waals surface area contributed by atoms with Crippen LogP contribution in [0.4, 0.5) is 0 Å². The van der Waals surface area contributed by atoms with Gasteiger partial charge in [-0.15, -0.1) is 0 Å². The highest BCUT2D eigenvalue weighted by molar-refractivity contribution is 5.77. The molecule has 62 valence electrons. The Balaban J connectivity index is 2.02. The minimum absolute atomic E-state index is 0.209. The van der Waals surface area contributed by atoms with Gasteiger partial charge in [-0.05, 0) is 24.7 Å². The van der Waals surface area contributed by atoms with Gasteiger partial charge in [0.25, 0.3) is 0 Å². The summed E-state index contributed by atoms with van der Waals surface area (Å²) in [5, 5.41) is 2.88. The van der Waals surface area contributed by atoms with Crippen LogP contribution < -0.4 is 11.1 Å². The van der Waals surface area contributed by atoms with Crippen LogP contribution in [0.3, 0.4) is 0 Å². The average Bonchev–Trinajstić information content (AvgIpc) is 2.27. The van der Waals surface area contributed by atoms with Crippen molar-refractivity contribution in [2.24, 2.45) is 17.6 Å². The summed E-state index contributed by atoms with van der Waals surface area (Å²) in [6.45, 7) is 0.858. The Morgan fingerprint density at radius 3 is 2.91 bits per heavy atom. The normalized spacial score (nSPS) is 43.4. The molecule has 1 heterocycles. The first-order valence-electron chi connectivity index (χ1n) is 4.28. The van der Waals surface area contributed by atoms with Gasteiger partial charge in [-0.3, -0.25) is 4.79 Å². The number of nitrogens with two attached hydrogens (primary N) is 1. The lowest BCUT2D eigenvalue weighted by Gasteiger charge is -2.24. The number of rotatable bonds is 0. The Bertz CT molecular complexity index is 181. The monoisotopic (exact) mass is 154 g/mol. The minimum atomic E-state index is 0.209. The molecule has 11 heavy (non-hydrogen) atoms. The van der Waals surface area contributed by atoms with E-state index in [-0.39, 0.29) is 5.91 Å². The zero-order valence-electron chi connectivity index (χ0n) is 6.55. The summed E-state index contributed by atoms with van der Waals surface area (Å²) in [4.78, 5) is 11.0. The number of amides is 1. The lowest BCUT2D eigenvalue weighted by molar-refractivity contribution is -0.124. The Hall–Kier alpha value is -0.570. The van der Waals surface area contributed by atoms with Crippen LogP contribution in [0.25, 0.3) is 0 Å². The van der Waals surface area contributed by atoms with Crippen molar-refractivity contribution < 1.29 is 4.79 Å². The molecule has 0 bridgehead atoms. The number of piperidine rings is 1. The van der Waals surface area contributed by atoms with Crippen LogP contribution in [0, 0.1) is 11.8 Å². The van der Waals surface area contributed by atoms with Crippen molar-refractivity contribution in [1.82, 2.24) is 5.32 Å². The molecule has 2 aliphatic rings. The fraction of sp³-hybridized carbons (Fsp3) is 0.875. The van der Waals surface area contributed by atoms with Crippen molar-refractivity contribution in [3.8, 4) is 0 Å². The third kappa shape index (κ3) is 1.25. The molecule has 2 rings (SSSR count). The quantitative estimate of drug-likeness (QED) is 0.510. The molecule has 3 atom stereocenters. The van der Waals surface area contributed by atoms with Gasteiger partial charge in [0, 0.05) is 19.0 Å². The molecule has 1 saturated carbocycles. The Morgan fingerprint density at radius 1 is 1.36 bits per heavy atom. The lowest BCUT2D eigenvalue weighted by atomic mass is 9.89. The van der Waals surface area contributed by atoms with E-state index in [2.05, 4.69) is 5.32 Å². The summed E-state index contributed by atoms with van der Waals surface area (Å²) >= 11 is 0. The molecular weight excluding hydrogens is 140 g/mol. The molecule has 1 aliphatic carbocycles. The highest BCUT2D eigenvalue weighted by atomic mass is 16.1. The van der Waals surface area contributed by atoms with Crippen molar-refractivity contribution in [2.45, 2.75) is 25.3 Å². The molecule has 0 aromatic heterocycles. The molecule has 1 amide bonds. The molecule has 3 N–H and O–H groups in total. The smallest absolute Gasteiger partial charge is 0.220 e. The predicted octanol–water partition coefficient (Wildman–Crippen LogP) is -0.140. The summed E-state index contributed by atoms with van der Waals surface area (Å²) in [6.07, 6.45) is 2.86. The van der Waals surface area contributed by atoms with Gasteiger partial charge in [0.05, 0.1) is 0 Å². The second kappa shape index (κ2) is 2.48. The molecule has 3 nitrogen and oxygen atoms in total. The van der Waals surface area contributed by atoms with Crippen LogP contribution in [0.1, 0.15) is 19.3 Å². The van der Waals surface area contributed by atoms with E-state index in [0.717, 1.165) is 19.4 Å². The van der Waals surface area contributed by atoms with Gasteiger partial charge in [-0.2, -0.15) is 0 Å². The average molecular weight is 154 g/mol. The Kier molecular flexibility index (Phi) is 1.60. The zero-order valence-corrected chi connectivity index (χ0v) is 6.55. The fourth-order valence-corrected chi connectivity index (χ4v) is 2.31. The standard InChI is InChI=1S/C8H14N2O/c9-7-1-5-3-8(11)10-4-6(5)2-7/h5-7H,1-4,9H2,(H,10,11)/t5-,6+,7+/m1/s1. The van der Waals surface area contributed by atoms with Crippen LogP contribution in [0.2, 0.25) is 0 Å². The van der Waals surface area contributed by atoms with Gasteiger partial charge in [0.2, 0.25) is 5.91 Å². The molecule has 1 saturated heterocycles. The maximum absolute atomic E-state index is 11.0. The van der Waals surface area contributed by atoms with Gasteiger partial charge in [-0.25, -0.2) is 0 Å². The third-order valence-corrected chi connectivity index (χ3v) is 2.89. The first-order chi connectivity index (χ1) is 5.25. The van der Waals surface area contributed by atoms with Gasteiger partial charge in [0.1, 0.15) is 0 Å². The zero-order chi connectivity index (χ0) is 7.84. The molecule has 3 heteroatoms. The van der Waals surface area contributed by atoms with Crippen LogP contribution in [0.5, 0.6) is 0 Å². The number of hydrogen-bond acceptors (Lipinski definition) is 2. The fourth-order valence-electron chi connectivity index (χ4n) is 2.31. The number of nitrogens with one attached hydrogen (secondary N) is 1.